The van der Waals surface area contributed by atoms with Crippen LogP contribution in [0.4, 0.5) is 0 Å². The van der Waals surface area contributed by atoms with Crippen LogP contribution < -0.4 is 0 Å². The first kappa shape index (κ1) is 11.3. The summed E-state index contributed by atoms with van der Waals surface area (Å²) in [6, 6.07) is 5.94. The van der Waals surface area contributed by atoms with Crippen molar-refractivity contribution in [2.24, 2.45) is 5.92 Å². The minimum Gasteiger partial charge on any atom is -0.345 e. The topological polar surface area (TPSA) is 49.0 Å². The number of nitrogens with one attached hydrogen (secondary N) is 1. The van der Waals surface area contributed by atoms with Crippen LogP contribution in [0, 0.1) is 5.92 Å². The average Bonchev–Trinajstić information content (AvgIpc) is 3.13. The molecule has 4 nitrogen and oxygen atoms in total. The molecule has 1 saturated carbocycles. The van der Waals surface area contributed by atoms with Crippen LogP contribution in [0.3, 0.4) is 0 Å². The summed E-state index contributed by atoms with van der Waals surface area (Å²) in [7, 11) is 1.89. The van der Waals surface area contributed by atoms with Crippen molar-refractivity contribution < 1.29 is 4.79 Å². The van der Waals surface area contributed by atoms with Crippen LogP contribution in [-0.2, 0) is 0 Å². The van der Waals surface area contributed by atoms with E-state index in [4.69, 9.17) is 0 Å². The molecule has 1 aromatic carbocycles. The Morgan fingerprint density at radius 2 is 2.28 bits per heavy atom. The third-order valence-corrected chi connectivity index (χ3v) is 3.90. The molecule has 1 amide bonds. The van der Waals surface area contributed by atoms with E-state index in [0.29, 0.717) is 12.0 Å². The van der Waals surface area contributed by atoms with Crippen LogP contribution in [0.15, 0.2) is 24.5 Å². The van der Waals surface area contributed by atoms with E-state index < -0.39 is 0 Å². The summed E-state index contributed by atoms with van der Waals surface area (Å²) in [5, 5.41) is 0. The fourth-order valence-electron chi connectivity index (χ4n) is 2.35. The Kier molecular flexibility index (Phi) is 2.58. The highest BCUT2D eigenvalue weighted by molar-refractivity contribution is 5.97. The molecule has 94 valence electrons. The first-order chi connectivity index (χ1) is 8.66. The van der Waals surface area contributed by atoms with E-state index in [0.717, 1.165) is 16.6 Å². The van der Waals surface area contributed by atoms with Crippen LogP contribution in [0.25, 0.3) is 11.0 Å². The summed E-state index contributed by atoms with van der Waals surface area (Å²) in [6.45, 7) is 2.13. The first-order valence-corrected chi connectivity index (χ1v) is 6.37. The Hall–Kier alpha value is -1.84. The maximum absolute atomic E-state index is 12.4. The maximum Gasteiger partial charge on any atom is 0.253 e. The number of imidazole rings is 1. The van der Waals surface area contributed by atoms with E-state index in [2.05, 4.69) is 16.9 Å². The molecule has 2 aromatic rings. The molecular formula is C14H17N3O. The van der Waals surface area contributed by atoms with Crippen LogP contribution >= 0.6 is 0 Å². The zero-order chi connectivity index (χ0) is 12.7. The van der Waals surface area contributed by atoms with E-state index in [1.165, 1.54) is 12.8 Å². The molecule has 0 aliphatic heterocycles. The number of fused-ring (bicyclic) bond motifs is 1. The minimum atomic E-state index is 0.0888. The second-order valence-electron chi connectivity index (χ2n) is 5.13. The molecule has 0 bridgehead atoms. The summed E-state index contributed by atoms with van der Waals surface area (Å²) < 4.78 is 0. The Balaban J connectivity index is 1.85. The van der Waals surface area contributed by atoms with E-state index in [1.54, 1.807) is 6.33 Å². The molecule has 1 unspecified atom stereocenters. The van der Waals surface area contributed by atoms with Gasteiger partial charge >= 0.3 is 0 Å². The lowest BCUT2D eigenvalue weighted by Crippen LogP contribution is -2.36. The van der Waals surface area contributed by atoms with Gasteiger partial charge in [-0.25, -0.2) is 4.98 Å². The van der Waals surface area contributed by atoms with Crippen molar-refractivity contribution in [1.29, 1.82) is 0 Å². The van der Waals surface area contributed by atoms with Crippen molar-refractivity contribution in [2.75, 3.05) is 7.05 Å². The Bertz CT molecular complexity index is 585. The molecule has 1 N–H and O–H groups in total. The second kappa shape index (κ2) is 4.12. The number of H-pyrrole nitrogens is 1. The number of rotatable bonds is 3. The van der Waals surface area contributed by atoms with Crippen molar-refractivity contribution >= 4 is 16.9 Å². The molecule has 18 heavy (non-hydrogen) atoms. The van der Waals surface area contributed by atoms with Crippen LogP contribution in [0.1, 0.15) is 30.1 Å². The summed E-state index contributed by atoms with van der Waals surface area (Å²) in [5.74, 6) is 0.778. The SMILES string of the molecule is CC(C1CC1)N(C)C(=O)c1ccc2nc[nH]c2c1. The van der Waals surface area contributed by atoms with Gasteiger partial charge < -0.3 is 9.88 Å². The molecule has 1 fully saturated rings. The van der Waals surface area contributed by atoms with Gasteiger partial charge in [-0.1, -0.05) is 0 Å². The number of nitrogens with zero attached hydrogens (tertiary/aromatic N) is 2. The molecule has 1 heterocycles. The van der Waals surface area contributed by atoms with Crippen LogP contribution in [-0.4, -0.2) is 33.9 Å². The number of hydrogen-bond donors (Lipinski definition) is 1. The van der Waals surface area contributed by atoms with Gasteiger partial charge in [-0.2, -0.15) is 0 Å². The molecule has 3 rings (SSSR count). The molecule has 4 heteroatoms. The van der Waals surface area contributed by atoms with Gasteiger partial charge in [0.15, 0.2) is 0 Å². The van der Waals surface area contributed by atoms with Gasteiger partial charge in [-0.3, -0.25) is 4.79 Å². The van der Waals surface area contributed by atoms with Crippen molar-refractivity contribution in [3.8, 4) is 0 Å². The number of carbonyl (C=O) groups excluding carboxylic acids is 1. The zero-order valence-corrected chi connectivity index (χ0v) is 10.7. The van der Waals surface area contributed by atoms with E-state index in [9.17, 15) is 4.79 Å². The Morgan fingerprint density at radius 1 is 1.50 bits per heavy atom. The standard InChI is InChI=1S/C14H17N3O/c1-9(10-3-4-10)17(2)14(18)11-5-6-12-13(7-11)16-8-15-12/h5-10H,3-4H2,1-2H3,(H,15,16). The minimum absolute atomic E-state index is 0.0888. The molecule has 1 aliphatic carbocycles. The van der Waals surface area contributed by atoms with Gasteiger partial charge in [0.1, 0.15) is 0 Å². The van der Waals surface area contributed by atoms with Gasteiger partial charge in [-0.05, 0) is 43.9 Å². The summed E-state index contributed by atoms with van der Waals surface area (Å²) >= 11 is 0. The van der Waals surface area contributed by atoms with Crippen molar-refractivity contribution in [3.05, 3.63) is 30.1 Å². The highest BCUT2D eigenvalue weighted by Gasteiger charge is 2.32. The van der Waals surface area contributed by atoms with Crippen molar-refractivity contribution in [3.63, 3.8) is 0 Å². The van der Waals surface area contributed by atoms with Crippen LogP contribution in [0.2, 0.25) is 0 Å². The lowest BCUT2D eigenvalue weighted by Gasteiger charge is -2.24. The predicted molar refractivity (Wildman–Crippen MR) is 70.4 cm³/mol. The maximum atomic E-state index is 12.4. The number of aromatic nitrogens is 2. The monoisotopic (exact) mass is 243 g/mol. The summed E-state index contributed by atoms with van der Waals surface area (Å²) in [4.78, 5) is 21.4. The van der Waals surface area contributed by atoms with Crippen molar-refractivity contribution in [2.45, 2.75) is 25.8 Å². The van der Waals surface area contributed by atoms with Gasteiger partial charge in [-0.15, -0.1) is 0 Å². The second-order valence-corrected chi connectivity index (χ2v) is 5.13. The first-order valence-electron chi connectivity index (χ1n) is 6.37. The lowest BCUT2D eigenvalue weighted by molar-refractivity contribution is 0.0727. The third-order valence-electron chi connectivity index (χ3n) is 3.90. The predicted octanol–water partition coefficient (Wildman–Crippen LogP) is 2.43. The lowest BCUT2D eigenvalue weighted by atomic mass is 10.1. The Morgan fingerprint density at radius 3 is 3.00 bits per heavy atom. The number of aromatic amines is 1. The van der Waals surface area contributed by atoms with Crippen molar-refractivity contribution in [1.82, 2.24) is 14.9 Å². The Labute approximate surface area is 106 Å². The molecule has 0 radical (unpaired) electrons. The van der Waals surface area contributed by atoms with Gasteiger partial charge in [0.2, 0.25) is 0 Å². The largest absolute Gasteiger partial charge is 0.345 e. The molecule has 1 aliphatic rings. The van der Waals surface area contributed by atoms with Gasteiger partial charge in [0.05, 0.1) is 17.4 Å². The zero-order valence-electron chi connectivity index (χ0n) is 10.7. The molecular weight excluding hydrogens is 226 g/mol. The molecule has 1 atom stereocenters. The quantitative estimate of drug-likeness (QED) is 0.900. The summed E-state index contributed by atoms with van der Waals surface area (Å²) in [5.41, 5.74) is 2.53. The van der Waals surface area contributed by atoms with Gasteiger partial charge in [0.25, 0.3) is 5.91 Å². The fourth-order valence-corrected chi connectivity index (χ4v) is 2.35. The number of benzene rings is 1. The van der Waals surface area contributed by atoms with E-state index in [-0.39, 0.29) is 5.91 Å². The van der Waals surface area contributed by atoms with E-state index in [1.807, 2.05) is 30.1 Å². The highest BCUT2D eigenvalue weighted by atomic mass is 16.2. The van der Waals surface area contributed by atoms with Crippen LogP contribution in [0.5, 0.6) is 0 Å². The molecule has 0 saturated heterocycles. The normalized spacial score (nSPS) is 16.8. The van der Waals surface area contributed by atoms with E-state index >= 15 is 0 Å². The number of carbonyl (C=O) groups is 1. The third kappa shape index (κ3) is 1.88. The smallest absolute Gasteiger partial charge is 0.253 e. The molecule has 0 spiro atoms. The fraction of sp³-hybridized carbons (Fsp3) is 0.429. The highest BCUT2D eigenvalue weighted by Crippen LogP contribution is 2.35. The number of amides is 1. The number of hydrogen-bond acceptors (Lipinski definition) is 2. The average molecular weight is 243 g/mol. The summed E-state index contributed by atoms with van der Waals surface area (Å²) in [6.07, 6.45) is 4.15. The van der Waals surface area contributed by atoms with Gasteiger partial charge in [0, 0.05) is 18.7 Å². The molecule has 1 aromatic heterocycles.